The van der Waals surface area contributed by atoms with Gasteiger partial charge in [0.25, 0.3) is 0 Å². The first kappa shape index (κ1) is 13.4. The Labute approximate surface area is 86.1 Å². The van der Waals surface area contributed by atoms with Gasteiger partial charge in [-0.1, -0.05) is 6.92 Å². The predicted molar refractivity (Wildman–Crippen MR) is 57.1 cm³/mol. The second-order valence-electron chi connectivity index (χ2n) is 3.89. The minimum atomic E-state index is -0.295. The van der Waals surface area contributed by atoms with Gasteiger partial charge in [-0.15, -0.1) is 0 Å². The molecule has 2 atom stereocenters. The molecule has 3 N–H and O–H groups in total. The van der Waals surface area contributed by atoms with Crippen LogP contribution in [0.4, 0.5) is 0 Å². The number of carbonyl (C=O) groups is 1. The molecule has 0 saturated carbocycles. The smallest absolute Gasteiger partial charge is 0.237 e. The van der Waals surface area contributed by atoms with E-state index in [1.807, 2.05) is 20.8 Å². The highest BCUT2D eigenvalue weighted by Gasteiger charge is 2.25. The van der Waals surface area contributed by atoms with Crippen LogP contribution in [0.3, 0.4) is 0 Å². The zero-order valence-corrected chi connectivity index (χ0v) is 9.55. The van der Waals surface area contributed by atoms with Crippen LogP contribution >= 0.6 is 0 Å². The molecule has 1 amide bonds. The molecule has 0 saturated heterocycles. The normalized spacial score (nSPS) is 17.2. The van der Waals surface area contributed by atoms with Crippen molar-refractivity contribution < 1.29 is 9.90 Å². The Kier molecular flexibility index (Phi) is 5.72. The summed E-state index contributed by atoms with van der Waals surface area (Å²) in [6, 6.07) is -0.195. The van der Waals surface area contributed by atoms with E-state index in [4.69, 9.17) is 5.11 Å². The second kappa shape index (κ2) is 5.98. The minimum absolute atomic E-state index is 0.0229. The van der Waals surface area contributed by atoms with E-state index in [-0.39, 0.29) is 24.1 Å². The van der Waals surface area contributed by atoms with Crippen LogP contribution < -0.4 is 10.6 Å². The molecule has 84 valence electrons. The van der Waals surface area contributed by atoms with E-state index in [0.717, 1.165) is 6.42 Å². The molecule has 0 rings (SSSR count). The van der Waals surface area contributed by atoms with Gasteiger partial charge in [0.2, 0.25) is 5.91 Å². The molecule has 0 aromatic carbocycles. The van der Waals surface area contributed by atoms with Crippen molar-refractivity contribution in [2.75, 3.05) is 13.7 Å². The highest BCUT2D eigenvalue weighted by molar-refractivity contribution is 5.81. The minimum Gasteiger partial charge on any atom is -0.396 e. The summed E-state index contributed by atoms with van der Waals surface area (Å²) in [5.41, 5.74) is -0.295. The van der Waals surface area contributed by atoms with Gasteiger partial charge in [0.05, 0.1) is 6.04 Å². The lowest BCUT2D eigenvalue weighted by Crippen LogP contribution is -2.52. The van der Waals surface area contributed by atoms with Crippen LogP contribution in [0.15, 0.2) is 0 Å². The summed E-state index contributed by atoms with van der Waals surface area (Å²) < 4.78 is 0. The molecule has 0 fully saturated rings. The Balaban J connectivity index is 4.23. The third-order valence-electron chi connectivity index (χ3n) is 2.70. The van der Waals surface area contributed by atoms with Crippen LogP contribution in [-0.2, 0) is 4.79 Å². The fraction of sp³-hybridized carbons (Fsp3) is 0.900. The lowest BCUT2D eigenvalue weighted by Gasteiger charge is -2.30. The van der Waals surface area contributed by atoms with E-state index in [1.165, 1.54) is 0 Å². The molecule has 0 aliphatic heterocycles. The van der Waals surface area contributed by atoms with Crippen molar-refractivity contribution in [2.45, 2.75) is 45.2 Å². The highest BCUT2D eigenvalue weighted by atomic mass is 16.3. The van der Waals surface area contributed by atoms with Crippen LogP contribution in [0.1, 0.15) is 33.6 Å². The summed E-state index contributed by atoms with van der Waals surface area (Å²) in [4.78, 5) is 11.6. The largest absolute Gasteiger partial charge is 0.396 e. The summed E-state index contributed by atoms with van der Waals surface area (Å²) >= 11 is 0. The quantitative estimate of drug-likeness (QED) is 0.579. The molecular weight excluding hydrogens is 180 g/mol. The van der Waals surface area contributed by atoms with Crippen molar-refractivity contribution in [3.8, 4) is 0 Å². The topological polar surface area (TPSA) is 61.4 Å². The van der Waals surface area contributed by atoms with Crippen molar-refractivity contribution in [2.24, 2.45) is 0 Å². The van der Waals surface area contributed by atoms with Gasteiger partial charge in [-0.25, -0.2) is 0 Å². The van der Waals surface area contributed by atoms with Crippen molar-refractivity contribution in [3.05, 3.63) is 0 Å². The zero-order chi connectivity index (χ0) is 11.2. The third kappa shape index (κ3) is 4.07. The molecule has 4 nitrogen and oxygen atoms in total. The number of carbonyl (C=O) groups excluding carboxylic acids is 1. The SMILES string of the molecule is CCC(C)(CCO)NC(=O)C(C)NC. The Morgan fingerprint density at radius 3 is 2.50 bits per heavy atom. The number of aliphatic hydroxyl groups is 1. The number of amides is 1. The van der Waals surface area contributed by atoms with Crippen LogP contribution in [0.25, 0.3) is 0 Å². The third-order valence-corrected chi connectivity index (χ3v) is 2.70. The lowest BCUT2D eigenvalue weighted by molar-refractivity contribution is -0.124. The van der Waals surface area contributed by atoms with Gasteiger partial charge in [0.1, 0.15) is 0 Å². The van der Waals surface area contributed by atoms with E-state index in [0.29, 0.717) is 6.42 Å². The summed E-state index contributed by atoms with van der Waals surface area (Å²) in [5.74, 6) is -0.0229. The highest BCUT2D eigenvalue weighted by Crippen LogP contribution is 2.13. The Bertz CT molecular complexity index is 185. The molecule has 0 radical (unpaired) electrons. The van der Waals surface area contributed by atoms with Crippen LogP contribution in [0.5, 0.6) is 0 Å². The van der Waals surface area contributed by atoms with Gasteiger partial charge in [-0.2, -0.15) is 0 Å². The van der Waals surface area contributed by atoms with Crippen LogP contribution in [0.2, 0.25) is 0 Å². The molecular formula is C10H22N2O2. The number of rotatable bonds is 6. The maximum absolute atomic E-state index is 11.6. The first-order valence-corrected chi connectivity index (χ1v) is 5.09. The van der Waals surface area contributed by atoms with Gasteiger partial charge in [0.15, 0.2) is 0 Å². The molecule has 0 bridgehead atoms. The number of aliphatic hydroxyl groups excluding tert-OH is 1. The van der Waals surface area contributed by atoms with E-state index in [2.05, 4.69) is 10.6 Å². The lowest BCUT2D eigenvalue weighted by atomic mass is 9.94. The van der Waals surface area contributed by atoms with Gasteiger partial charge < -0.3 is 15.7 Å². The summed E-state index contributed by atoms with van der Waals surface area (Å²) in [7, 11) is 1.75. The van der Waals surface area contributed by atoms with Crippen LogP contribution in [0, 0.1) is 0 Å². The fourth-order valence-electron chi connectivity index (χ4n) is 1.11. The molecule has 0 aromatic heterocycles. The number of likely N-dealkylation sites (N-methyl/N-ethyl adjacent to an activating group) is 1. The maximum Gasteiger partial charge on any atom is 0.237 e. The average Bonchev–Trinajstić information content (AvgIpc) is 2.16. The molecule has 0 aliphatic carbocycles. The Morgan fingerprint density at radius 2 is 2.14 bits per heavy atom. The molecule has 0 aromatic rings. The van der Waals surface area contributed by atoms with E-state index >= 15 is 0 Å². The molecule has 0 heterocycles. The van der Waals surface area contributed by atoms with Gasteiger partial charge >= 0.3 is 0 Å². The number of hydrogen-bond acceptors (Lipinski definition) is 3. The predicted octanol–water partition coefficient (Wildman–Crippen LogP) is 0.262. The average molecular weight is 202 g/mol. The monoisotopic (exact) mass is 202 g/mol. The Hall–Kier alpha value is -0.610. The second-order valence-corrected chi connectivity index (χ2v) is 3.89. The maximum atomic E-state index is 11.6. The molecule has 4 heteroatoms. The van der Waals surface area contributed by atoms with Crippen molar-refractivity contribution in [1.82, 2.24) is 10.6 Å². The standard InChI is InChI=1S/C10H22N2O2/c1-5-10(3,6-7-13)12-9(14)8(2)11-4/h8,11,13H,5-7H2,1-4H3,(H,12,14). The van der Waals surface area contributed by atoms with Gasteiger partial charge in [-0.05, 0) is 33.7 Å². The molecule has 0 spiro atoms. The number of hydrogen-bond donors (Lipinski definition) is 3. The van der Waals surface area contributed by atoms with Gasteiger partial charge in [-0.3, -0.25) is 4.79 Å². The molecule has 14 heavy (non-hydrogen) atoms. The Morgan fingerprint density at radius 1 is 1.57 bits per heavy atom. The molecule has 0 aliphatic rings. The van der Waals surface area contributed by atoms with Crippen LogP contribution in [-0.4, -0.2) is 36.2 Å². The molecule has 2 unspecified atom stereocenters. The number of nitrogens with one attached hydrogen (secondary N) is 2. The van der Waals surface area contributed by atoms with Gasteiger partial charge in [0, 0.05) is 12.1 Å². The summed E-state index contributed by atoms with van der Waals surface area (Å²) in [6.07, 6.45) is 1.40. The van der Waals surface area contributed by atoms with Crippen molar-refractivity contribution in [1.29, 1.82) is 0 Å². The zero-order valence-electron chi connectivity index (χ0n) is 9.55. The first-order chi connectivity index (χ1) is 6.49. The first-order valence-electron chi connectivity index (χ1n) is 5.09. The fourth-order valence-corrected chi connectivity index (χ4v) is 1.11. The van der Waals surface area contributed by atoms with E-state index in [9.17, 15) is 4.79 Å². The summed E-state index contributed by atoms with van der Waals surface area (Å²) in [6.45, 7) is 5.85. The van der Waals surface area contributed by atoms with E-state index in [1.54, 1.807) is 7.05 Å². The van der Waals surface area contributed by atoms with Crippen molar-refractivity contribution >= 4 is 5.91 Å². The van der Waals surface area contributed by atoms with E-state index < -0.39 is 0 Å². The summed E-state index contributed by atoms with van der Waals surface area (Å²) in [5, 5.41) is 14.7. The van der Waals surface area contributed by atoms with Crippen molar-refractivity contribution in [3.63, 3.8) is 0 Å².